The van der Waals surface area contributed by atoms with Gasteiger partial charge in [0.1, 0.15) is 5.75 Å². The molecule has 0 spiro atoms. The van der Waals surface area contributed by atoms with E-state index in [0.29, 0.717) is 0 Å². The van der Waals surface area contributed by atoms with Crippen molar-refractivity contribution in [1.29, 1.82) is 0 Å². The van der Waals surface area contributed by atoms with Crippen LogP contribution in [-0.2, 0) is 16.0 Å². The second kappa shape index (κ2) is 8.25. The van der Waals surface area contributed by atoms with E-state index in [-0.39, 0.29) is 30.3 Å². The van der Waals surface area contributed by atoms with Crippen molar-refractivity contribution in [3.05, 3.63) is 65.2 Å². The first kappa shape index (κ1) is 19.0. The molecule has 0 heterocycles. The second-order valence-corrected chi connectivity index (χ2v) is 6.99. The van der Waals surface area contributed by atoms with Crippen LogP contribution in [0.1, 0.15) is 48.5 Å². The van der Waals surface area contributed by atoms with Crippen molar-refractivity contribution in [1.82, 2.24) is 10.2 Å². The lowest BCUT2D eigenvalue weighted by molar-refractivity contribution is -0.133. The molecule has 0 bridgehead atoms. The molecule has 0 aliphatic heterocycles. The maximum Gasteiger partial charge on any atom is 0.225 e. The van der Waals surface area contributed by atoms with E-state index in [1.807, 2.05) is 48.3 Å². The minimum absolute atomic E-state index is 0.0197. The van der Waals surface area contributed by atoms with Crippen LogP contribution in [0.2, 0.25) is 0 Å². The minimum Gasteiger partial charge on any atom is -0.497 e. The Balaban J connectivity index is 1.75. The van der Waals surface area contributed by atoms with E-state index in [4.69, 9.17) is 4.74 Å². The van der Waals surface area contributed by atoms with Crippen molar-refractivity contribution in [3.63, 3.8) is 0 Å². The number of carbonyl (C=O) groups excluding carboxylic acids is 2. The van der Waals surface area contributed by atoms with Crippen molar-refractivity contribution in [2.24, 2.45) is 0 Å². The van der Waals surface area contributed by atoms with Gasteiger partial charge in [0.2, 0.25) is 11.8 Å². The Kier molecular flexibility index (Phi) is 5.79. The number of ether oxygens (including phenoxy) is 1. The van der Waals surface area contributed by atoms with Gasteiger partial charge in [-0.2, -0.15) is 0 Å². The molecule has 27 heavy (non-hydrogen) atoms. The standard InChI is InChI=1S/C22H26N2O3/c1-15(25)23-20(17-8-11-18(27-3)12-9-17)14-22(26)24(2)21-13-10-16-6-4-5-7-19(16)21/h4-9,11-12,20-21H,10,13-14H2,1-3H3,(H,23,25). The van der Waals surface area contributed by atoms with Crippen molar-refractivity contribution in [2.45, 2.75) is 38.3 Å². The maximum atomic E-state index is 13.0. The molecule has 142 valence electrons. The number of hydrogen-bond donors (Lipinski definition) is 1. The zero-order valence-corrected chi connectivity index (χ0v) is 16.1. The summed E-state index contributed by atoms with van der Waals surface area (Å²) in [6.45, 7) is 1.47. The van der Waals surface area contributed by atoms with Gasteiger partial charge in [-0.1, -0.05) is 36.4 Å². The molecule has 1 aliphatic rings. The lowest BCUT2D eigenvalue weighted by Crippen LogP contribution is -2.35. The Hall–Kier alpha value is -2.82. The third kappa shape index (κ3) is 4.30. The van der Waals surface area contributed by atoms with Gasteiger partial charge < -0.3 is 15.0 Å². The van der Waals surface area contributed by atoms with Gasteiger partial charge in [-0.15, -0.1) is 0 Å². The highest BCUT2D eigenvalue weighted by molar-refractivity contribution is 5.79. The average molecular weight is 366 g/mol. The average Bonchev–Trinajstić information content (AvgIpc) is 3.10. The summed E-state index contributed by atoms with van der Waals surface area (Å²) in [5, 5.41) is 2.90. The number of nitrogens with zero attached hydrogens (tertiary/aromatic N) is 1. The lowest BCUT2D eigenvalue weighted by Gasteiger charge is -2.28. The van der Waals surface area contributed by atoms with Crippen LogP contribution in [0.3, 0.4) is 0 Å². The van der Waals surface area contributed by atoms with Gasteiger partial charge in [-0.25, -0.2) is 0 Å². The van der Waals surface area contributed by atoms with Crippen LogP contribution in [0.15, 0.2) is 48.5 Å². The fraction of sp³-hybridized carbons (Fsp3) is 0.364. The van der Waals surface area contributed by atoms with Crippen LogP contribution in [0.4, 0.5) is 0 Å². The molecule has 0 saturated heterocycles. The quantitative estimate of drug-likeness (QED) is 0.852. The molecule has 1 N–H and O–H groups in total. The highest BCUT2D eigenvalue weighted by Crippen LogP contribution is 2.35. The van der Waals surface area contributed by atoms with Gasteiger partial charge in [-0.3, -0.25) is 9.59 Å². The zero-order valence-electron chi connectivity index (χ0n) is 16.1. The Bertz CT molecular complexity index is 817. The normalized spacial score (nSPS) is 16.3. The van der Waals surface area contributed by atoms with E-state index in [1.165, 1.54) is 18.1 Å². The van der Waals surface area contributed by atoms with Crippen molar-refractivity contribution in [2.75, 3.05) is 14.2 Å². The molecule has 2 aromatic rings. The number of carbonyl (C=O) groups is 2. The molecule has 5 heteroatoms. The van der Waals surface area contributed by atoms with E-state index in [1.54, 1.807) is 7.11 Å². The number of aryl methyl sites for hydroxylation is 1. The number of rotatable bonds is 6. The molecule has 2 atom stereocenters. The minimum atomic E-state index is -0.361. The predicted octanol–water partition coefficient (Wildman–Crippen LogP) is 3.41. The van der Waals surface area contributed by atoms with E-state index >= 15 is 0 Å². The van der Waals surface area contributed by atoms with Gasteiger partial charge in [0.05, 0.1) is 25.6 Å². The van der Waals surface area contributed by atoms with Gasteiger partial charge in [-0.05, 0) is 41.7 Å². The number of methoxy groups -OCH3 is 1. The van der Waals surface area contributed by atoms with Crippen LogP contribution < -0.4 is 10.1 Å². The van der Waals surface area contributed by atoms with Gasteiger partial charge in [0.25, 0.3) is 0 Å². The fourth-order valence-electron chi connectivity index (χ4n) is 3.76. The van der Waals surface area contributed by atoms with Crippen LogP contribution in [-0.4, -0.2) is 30.9 Å². The molecule has 0 saturated carbocycles. The number of amides is 2. The summed E-state index contributed by atoms with van der Waals surface area (Å²) < 4.78 is 5.19. The first-order valence-electron chi connectivity index (χ1n) is 9.24. The fourth-order valence-corrected chi connectivity index (χ4v) is 3.76. The van der Waals surface area contributed by atoms with Gasteiger partial charge in [0.15, 0.2) is 0 Å². The SMILES string of the molecule is COc1ccc(C(CC(=O)N(C)C2CCc3ccccc32)NC(C)=O)cc1. The third-order valence-corrected chi connectivity index (χ3v) is 5.24. The van der Waals surface area contributed by atoms with Gasteiger partial charge in [0, 0.05) is 14.0 Å². The van der Waals surface area contributed by atoms with Crippen LogP contribution >= 0.6 is 0 Å². The Morgan fingerprint density at radius 2 is 1.89 bits per heavy atom. The van der Waals surface area contributed by atoms with Crippen molar-refractivity contribution < 1.29 is 14.3 Å². The molecule has 2 amide bonds. The Labute approximate surface area is 160 Å². The largest absolute Gasteiger partial charge is 0.497 e. The molecule has 2 aromatic carbocycles. The second-order valence-electron chi connectivity index (χ2n) is 6.99. The van der Waals surface area contributed by atoms with Crippen LogP contribution in [0.25, 0.3) is 0 Å². The highest BCUT2D eigenvalue weighted by Gasteiger charge is 2.29. The molecule has 3 rings (SSSR count). The summed E-state index contributed by atoms with van der Waals surface area (Å²) in [7, 11) is 3.46. The summed E-state index contributed by atoms with van der Waals surface area (Å²) in [6.07, 6.45) is 2.15. The van der Waals surface area contributed by atoms with E-state index in [0.717, 1.165) is 24.2 Å². The van der Waals surface area contributed by atoms with E-state index in [2.05, 4.69) is 17.4 Å². The molecule has 1 aliphatic carbocycles. The Morgan fingerprint density at radius 3 is 2.56 bits per heavy atom. The molecule has 0 radical (unpaired) electrons. The lowest BCUT2D eigenvalue weighted by atomic mass is 10.0. The maximum absolute atomic E-state index is 13.0. The first-order valence-corrected chi connectivity index (χ1v) is 9.24. The summed E-state index contributed by atoms with van der Waals surface area (Å²) in [5.41, 5.74) is 3.43. The number of fused-ring (bicyclic) bond motifs is 1. The molecule has 2 unspecified atom stereocenters. The van der Waals surface area contributed by atoms with Crippen LogP contribution in [0, 0.1) is 0 Å². The predicted molar refractivity (Wildman–Crippen MR) is 104 cm³/mol. The van der Waals surface area contributed by atoms with E-state index < -0.39 is 0 Å². The molecule has 0 aromatic heterocycles. The van der Waals surface area contributed by atoms with Crippen molar-refractivity contribution >= 4 is 11.8 Å². The van der Waals surface area contributed by atoms with E-state index in [9.17, 15) is 9.59 Å². The monoisotopic (exact) mass is 366 g/mol. The number of benzene rings is 2. The first-order chi connectivity index (χ1) is 13.0. The summed E-state index contributed by atoms with van der Waals surface area (Å²) >= 11 is 0. The molecule has 5 nitrogen and oxygen atoms in total. The Morgan fingerprint density at radius 1 is 1.19 bits per heavy atom. The molecule has 0 fully saturated rings. The topological polar surface area (TPSA) is 58.6 Å². The number of nitrogens with one attached hydrogen (secondary N) is 1. The summed E-state index contributed by atoms with van der Waals surface area (Å²) in [6, 6.07) is 15.5. The molecular weight excluding hydrogens is 340 g/mol. The molecular formula is C22H26N2O3. The highest BCUT2D eigenvalue weighted by atomic mass is 16.5. The smallest absolute Gasteiger partial charge is 0.225 e. The summed E-state index contributed by atoms with van der Waals surface area (Å²) in [4.78, 5) is 26.5. The third-order valence-electron chi connectivity index (χ3n) is 5.24. The van der Waals surface area contributed by atoms with Crippen LogP contribution in [0.5, 0.6) is 5.75 Å². The summed E-state index contributed by atoms with van der Waals surface area (Å²) in [5.74, 6) is 0.607. The number of hydrogen-bond acceptors (Lipinski definition) is 3. The van der Waals surface area contributed by atoms with Gasteiger partial charge >= 0.3 is 0 Å². The zero-order chi connectivity index (χ0) is 19.4. The van der Waals surface area contributed by atoms with Crippen molar-refractivity contribution in [3.8, 4) is 5.75 Å².